The number of nitrogens with one attached hydrogen (secondary N) is 3. The smallest absolute Gasteiger partial charge is 0.155 e. The summed E-state index contributed by atoms with van der Waals surface area (Å²) < 4.78 is 6.21. The van der Waals surface area contributed by atoms with Crippen LogP contribution in [0.4, 0.5) is 0 Å². The standard InChI is InChI=1S/C28H24N8O/c1-2-6-32-24(3-1)23-15-31-16-26-21(23)11-25(34-26)27-22-10-18(13-33-28(22)36-35-27)17-9-20(14-30-12-17)37-19-4-7-29-8-5-19/h1-3,6,9-16,19,29,34H,4-5,7-8H2,(H,33,35,36). The second kappa shape index (κ2) is 9.11. The predicted octanol–water partition coefficient (Wildman–Crippen LogP) is 4.76. The van der Waals surface area contributed by atoms with Crippen molar-refractivity contribution in [2.24, 2.45) is 0 Å². The quantitative estimate of drug-likeness (QED) is 0.320. The number of fused-ring (bicyclic) bond motifs is 2. The summed E-state index contributed by atoms with van der Waals surface area (Å²) in [5, 5.41) is 13.0. The number of ether oxygens (including phenoxy) is 1. The van der Waals surface area contributed by atoms with Crippen molar-refractivity contribution in [2.45, 2.75) is 18.9 Å². The monoisotopic (exact) mass is 488 g/mol. The molecule has 0 spiro atoms. The molecule has 0 aliphatic carbocycles. The average Bonchev–Trinajstić information content (AvgIpc) is 3.58. The minimum absolute atomic E-state index is 0.215. The normalized spacial score (nSPS) is 14.4. The van der Waals surface area contributed by atoms with Crippen LogP contribution in [0.3, 0.4) is 0 Å². The molecule has 1 saturated heterocycles. The first kappa shape index (κ1) is 21.6. The fourth-order valence-electron chi connectivity index (χ4n) is 4.92. The molecule has 0 aromatic carbocycles. The third-order valence-corrected chi connectivity index (χ3v) is 6.79. The van der Waals surface area contributed by atoms with Gasteiger partial charge in [-0.25, -0.2) is 4.98 Å². The van der Waals surface area contributed by atoms with Gasteiger partial charge in [0.05, 0.1) is 29.3 Å². The number of aromatic nitrogens is 7. The maximum atomic E-state index is 6.21. The molecule has 9 heteroatoms. The molecule has 37 heavy (non-hydrogen) atoms. The van der Waals surface area contributed by atoms with Crippen molar-refractivity contribution in [3.63, 3.8) is 0 Å². The van der Waals surface area contributed by atoms with Crippen molar-refractivity contribution in [1.29, 1.82) is 0 Å². The van der Waals surface area contributed by atoms with Gasteiger partial charge in [0.25, 0.3) is 0 Å². The van der Waals surface area contributed by atoms with Crippen LogP contribution in [0.1, 0.15) is 12.8 Å². The lowest BCUT2D eigenvalue weighted by molar-refractivity contribution is 0.162. The van der Waals surface area contributed by atoms with Crippen LogP contribution in [0.15, 0.2) is 73.6 Å². The highest BCUT2D eigenvalue weighted by Gasteiger charge is 2.17. The van der Waals surface area contributed by atoms with Crippen LogP contribution in [0.2, 0.25) is 0 Å². The summed E-state index contributed by atoms with van der Waals surface area (Å²) in [7, 11) is 0. The molecule has 3 N–H and O–H groups in total. The van der Waals surface area contributed by atoms with Crippen molar-refractivity contribution < 1.29 is 4.74 Å². The van der Waals surface area contributed by atoms with Gasteiger partial charge in [-0.2, -0.15) is 5.10 Å². The molecular weight excluding hydrogens is 464 g/mol. The van der Waals surface area contributed by atoms with E-state index >= 15 is 0 Å². The Morgan fingerprint density at radius 2 is 1.73 bits per heavy atom. The van der Waals surface area contributed by atoms with Gasteiger partial charge < -0.3 is 15.0 Å². The molecule has 0 bridgehead atoms. The second-order valence-electron chi connectivity index (χ2n) is 9.22. The van der Waals surface area contributed by atoms with E-state index in [4.69, 9.17) is 4.74 Å². The van der Waals surface area contributed by atoms with E-state index in [0.717, 1.165) is 87.4 Å². The molecular formula is C28H24N8O. The molecule has 0 saturated carbocycles. The number of hydrogen-bond acceptors (Lipinski definition) is 7. The number of rotatable bonds is 5. The largest absolute Gasteiger partial charge is 0.489 e. The Labute approximate surface area is 212 Å². The van der Waals surface area contributed by atoms with Gasteiger partial charge in [0.15, 0.2) is 5.65 Å². The zero-order chi connectivity index (χ0) is 24.6. The highest BCUT2D eigenvalue weighted by atomic mass is 16.5. The van der Waals surface area contributed by atoms with Crippen LogP contribution in [0.5, 0.6) is 5.75 Å². The number of pyridine rings is 4. The lowest BCUT2D eigenvalue weighted by Crippen LogP contribution is -2.34. The van der Waals surface area contributed by atoms with Gasteiger partial charge in [-0.15, -0.1) is 0 Å². The first-order valence-corrected chi connectivity index (χ1v) is 12.4. The summed E-state index contributed by atoms with van der Waals surface area (Å²) in [6, 6.07) is 12.1. The first-order chi connectivity index (χ1) is 18.3. The van der Waals surface area contributed by atoms with Crippen molar-refractivity contribution >= 4 is 21.9 Å². The van der Waals surface area contributed by atoms with E-state index in [9.17, 15) is 0 Å². The highest BCUT2D eigenvalue weighted by molar-refractivity contribution is 6.00. The molecule has 0 unspecified atom stereocenters. The topological polar surface area (TPSA) is 117 Å². The Morgan fingerprint density at radius 1 is 0.838 bits per heavy atom. The number of aromatic amines is 2. The summed E-state index contributed by atoms with van der Waals surface area (Å²) in [5.74, 6) is 0.780. The molecule has 7 heterocycles. The minimum Gasteiger partial charge on any atom is -0.489 e. The number of nitrogens with zero attached hydrogens (tertiary/aromatic N) is 5. The molecule has 1 aliphatic rings. The van der Waals surface area contributed by atoms with Crippen LogP contribution in [-0.2, 0) is 0 Å². The summed E-state index contributed by atoms with van der Waals surface area (Å²) in [5.41, 5.74) is 7.06. The summed E-state index contributed by atoms with van der Waals surface area (Å²) in [4.78, 5) is 21.5. The van der Waals surface area contributed by atoms with Crippen molar-refractivity contribution in [1.82, 2.24) is 40.4 Å². The zero-order valence-electron chi connectivity index (χ0n) is 20.0. The Morgan fingerprint density at radius 3 is 2.62 bits per heavy atom. The fourth-order valence-corrected chi connectivity index (χ4v) is 4.92. The Bertz CT molecular complexity index is 1700. The minimum atomic E-state index is 0.215. The maximum Gasteiger partial charge on any atom is 0.155 e. The van der Waals surface area contributed by atoms with Gasteiger partial charge in [-0.05, 0) is 56.3 Å². The van der Waals surface area contributed by atoms with Crippen LogP contribution in [-0.4, -0.2) is 54.3 Å². The van der Waals surface area contributed by atoms with Crippen molar-refractivity contribution in [2.75, 3.05) is 13.1 Å². The average molecular weight is 489 g/mol. The Kier molecular flexibility index (Phi) is 5.32. The van der Waals surface area contributed by atoms with E-state index in [2.05, 4.69) is 52.6 Å². The van der Waals surface area contributed by atoms with E-state index in [-0.39, 0.29) is 6.10 Å². The first-order valence-electron chi connectivity index (χ1n) is 12.4. The molecule has 1 aliphatic heterocycles. The summed E-state index contributed by atoms with van der Waals surface area (Å²) in [6.45, 7) is 1.96. The molecule has 0 atom stereocenters. The third kappa shape index (κ3) is 4.09. The fraction of sp³-hybridized carbons (Fsp3) is 0.179. The third-order valence-electron chi connectivity index (χ3n) is 6.79. The van der Waals surface area contributed by atoms with Gasteiger partial charge in [0, 0.05) is 52.3 Å². The number of H-pyrrole nitrogens is 2. The Hall–Kier alpha value is -4.63. The van der Waals surface area contributed by atoms with Crippen LogP contribution >= 0.6 is 0 Å². The van der Waals surface area contributed by atoms with Crippen molar-refractivity contribution in [3.8, 4) is 39.5 Å². The molecule has 7 rings (SSSR count). The molecule has 0 amide bonds. The van der Waals surface area contributed by atoms with Gasteiger partial charge in [-0.3, -0.25) is 20.1 Å². The number of piperidine rings is 1. The van der Waals surface area contributed by atoms with Gasteiger partial charge in [0.2, 0.25) is 0 Å². The van der Waals surface area contributed by atoms with E-state index in [0.29, 0.717) is 0 Å². The molecule has 6 aromatic rings. The molecule has 9 nitrogen and oxygen atoms in total. The summed E-state index contributed by atoms with van der Waals surface area (Å²) >= 11 is 0. The lowest BCUT2D eigenvalue weighted by Gasteiger charge is -2.23. The van der Waals surface area contributed by atoms with Crippen molar-refractivity contribution in [3.05, 3.63) is 73.6 Å². The van der Waals surface area contributed by atoms with E-state index < -0.39 is 0 Å². The van der Waals surface area contributed by atoms with Gasteiger partial charge >= 0.3 is 0 Å². The molecule has 0 radical (unpaired) electrons. The van der Waals surface area contributed by atoms with E-state index in [1.807, 2.05) is 49.1 Å². The predicted molar refractivity (Wildman–Crippen MR) is 142 cm³/mol. The molecule has 1 fully saturated rings. The SMILES string of the molecule is c1ccc(-c2cncc3[nH]c(-c4n[nH]c5ncc(-c6cncc(OC7CCNCC7)c6)cc45)cc23)nc1. The van der Waals surface area contributed by atoms with E-state index in [1.165, 1.54) is 0 Å². The van der Waals surface area contributed by atoms with E-state index in [1.54, 1.807) is 12.4 Å². The maximum absolute atomic E-state index is 6.21. The highest BCUT2D eigenvalue weighted by Crippen LogP contribution is 2.34. The lowest BCUT2D eigenvalue weighted by atomic mass is 10.1. The van der Waals surface area contributed by atoms with Gasteiger partial charge in [-0.1, -0.05) is 6.07 Å². The van der Waals surface area contributed by atoms with Crippen LogP contribution < -0.4 is 10.1 Å². The Balaban J connectivity index is 1.26. The zero-order valence-corrected chi connectivity index (χ0v) is 20.0. The molecule has 182 valence electrons. The van der Waals surface area contributed by atoms with Gasteiger partial charge in [0.1, 0.15) is 17.5 Å². The van der Waals surface area contributed by atoms with Crippen LogP contribution in [0.25, 0.3) is 55.7 Å². The second-order valence-corrected chi connectivity index (χ2v) is 9.22. The number of hydrogen-bond donors (Lipinski definition) is 3. The van der Waals surface area contributed by atoms with Crippen LogP contribution in [0, 0.1) is 0 Å². The molecule has 6 aromatic heterocycles. The summed E-state index contributed by atoms with van der Waals surface area (Å²) in [6.07, 6.45) is 13.1.